The topological polar surface area (TPSA) is 17.1 Å². The van der Waals surface area contributed by atoms with E-state index < -0.39 is 0 Å². The van der Waals surface area contributed by atoms with Gasteiger partial charge in [0.15, 0.2) is 5.78 Å². The van der Waals surface area contributed by atoms with Crippen LogP contribution in [0.1, 0.15) is 60.8 Å². The zero-order valence-electron chi connectivity index (χ0n) is 13.0. The Morgan fingerprint density at radius 1 is 1.06 bits per heavy atom. The van der Waals surface area contributed by atoms with E-state index in [9.17, 15) is 4.79 Å². The Labute approximate surface area is 113 Å². The Morgan fingerprint density at radius 3 is 2.17 bits per heavy atom. The van der Waals surface area contributed by atoms with Crippen LogP contribution < -0.4 is 0 Å². The monoisotopic (exact) mass is 250 g/mol. The first kappa shape index (κ1) is 17.2. The third kappa shape index (κ3) is 9.21. The molecule has 0 spiro atoms. The van der Waals surface area contributed by atoms with Crippen LogP contribution in [0.4, 0.5) is 0 Å². The second-order valence-electron chi connectivity index (χ2n) is 6.16. The van der Waals surface area contributed by atoms with Gasteiger partial charge >= 0.3 is 0 Å². The second kappa shape index (κ2) is 9.13. The molecule has 0 bridgehead atoms. The molecule has 0 aliphatic rings. The van der Waals surface area contributed by atoms with Crippen LogP contribution in [0.5, 0.6) is 0 Å². The van der Waals surface area contributed by atoms with Crippen molar-refractivity contribution >= 4 is 5.78 Å². The number of carbonyl (C=O) groups excluding carboxylic acids is 1. The predicted octanol–water partition coefficient (Wildman–Crippen LogP) is 5.18. The van der Waals surface area contributed by atoms with Gasteiger partial charge in [0.1, 0.15) is 0 Å². The van der Waals surface area contributed by atoms with Gasteiger partial charge < -0.3 is 0 Å². The maximum absolute atomic E-state index is 11.5. The van der Waals surface area contributed by atoms with Gasteiger partial charge in [0.2, 0.25) is 0 Å². The Hall–Kier alpha value is -0.850. The van der Waals surface area contributed by atoms with Gasteiger partial charge in [0, 0.05) is 5.92 Å². The van der Waals surface area contributed by atoms with Crippen molar-refractivity contribution in [2.24, 2.45) is 17.8 Å². The molecule has 0 aliphatic heterocycles. The van der Waals surface area contributed by atoms with E-state index >= 15 is 0 Å². The maximum atomic E-state index is 11.5. The van der Waals surface area contributed by atoms with Crippen molar-refractivity contribution in [3.63, 3.8) is 0 Å². The lowest BCUT2D eigenvalue weighted by atomic mass is 9.96. The number of rotatable bonds is 8. The molecule has 0 aromatic heterocycles. The van der Waals surface area contributed by atoms with Crippen molar-refractivity contribution in [1.82, 2.24) is 0 Å². The molecular weight excluding hydrogens is 220 g/mol. The molecular formula is C17H30O. The van der Waals surface area contributed by atoms with Crippen LogP contribution in [-0.2, 0) is 4.79 Å². The van der Waals surface area contributed by atoms with Crippen molar-refractivity contribution in [1.29, 1.82) is 0 Å². The highest BCUT2D eigenvalue weighted by Gasteiger charge is 2.03. The van der Waals surface area contributed by atoms with Gasteiger partial charge in [-0.05, 0) is 36.8 Å². The van der Waals surface area contributed by atoms with Crippen molar-refractivity contribution in [3.8, 4) is 0 Å². The maximum Gasteiger partial charge on any atom is 0.158 e. The van der Waals surface area contributed by atoms with Gasteiger partial charge in [-0.15, -0.1) is 0 Å². The molecule has 0 aromatic rings. The van der Waals surface area contributed by atoms with Crippen LogP contribution in [0.15, 0.2) is 23.8 Å². The molecule has 0 aromatic carbocycles. The van der Waals surface area contributed by atoms with Crippen molar-refractivity contribution in [2.45, 2.75) is 60.8 Å². The molecule has 104 valence electrons. The van der Waals surface area contributed by atoms with Crippen molar-refractivity contribution in [2.75, 3.05) is 0 Å². The number of allylic oxidation sites excluding steroid dienone is 4. The van der Waals surface area contributed by atoms with Gasteiger partial charge in [-0.3, -0.25) is 4.79 Å². The minimum absolute atomic E-state index is 0.0957. The molecule has 0 heterocycles. The van der Waals surface area contributed by atoms with Crippen LogP contribution in [0.2, 0.25) is 0 Å². The van der Waals surface area contributed by atoms with E-state index in [0.29, 0.717) is 0 Å². The van der Waals surface area contributed by atoms with Crippen molar-refractivity contribution in [3.05, 3.63) is 23.8 Å². The molecule has 0 radical (unpaired) electrons. The number of hydrogen-bond donors (Lipinski definition) is 0. The van der Waals surface area contributed by atoms with Gasteiger partial charge in [0.05, 0.1) is 0 Å². The fraction of sp³-hybridized carbons (Fsp3) is 0.706. The van der Waals surface area contributed by atoms with Gasteiger partial charge in [-0.1, -0.05) is 59.6 Å². The first-order chi connectivity index (χ1) is 8.32. The Morgan fingerprint density at radius 2 is 1.67 bits per heavy atom. The average molecular weight is 250 g/mol. The molecule has 0 amide bonds. The minimum Gasteiger partial charge on any atom is -0.295 e. The van der Waals surface area contributed by atoms with Gasteiger partial charge in [-0.25, -0.2) is 0 Å². The first-order valence-corrected chi connectivity index (χ1v) is 7.21. The predicted molar refractivity (Wildman–Crippen MR) is 80.6 cm³/mol. The zero-order valence-corrected chi connectivity index (χ0v) is 13.0. The molecule has 0 aliphatic carbocycles. The highest BCUT2D eigenvalue weighted by molar-refractivity contribution is 5.92. The summed E-state index contributed by atoms with van der Waals surface area (Å²) in [5, 5.41) is 0. The quantitative estimate of drug-likeness (QED) is 0.428. The lowest BCUT2D eigenvalue weighted by molar-refractivity contribution is -0.117. The molecule has 1 nitrogen and oxygen atoms in total. The van der Waals surface area contributed by atoms with E-state index in [1.807, 2.05) is 20.8 Å². The summed E-state index contributed by atoms with van der Waals surface area (Å²) in [4.78, 5) is 11.5. The lowest BCUT2D eigenvalue weighted by Gasteiger charge is -2.10. The highest BCUT2D eigenvalue weighted by Crippen LogP contribution is 2.15. The van der Waals surface area contributed by atoms with E-state index in [4.69, 9.17) is 0 Å². The van der Waals surface area contributed by atoms with E-state index in [1.54, 1.807) is 6.08 Å². The SMILES string of the molecule is CC(C=CCC(C)CCC(C)C)=CC(=O)C(C)C. The Bertz CT molecular complexity index is 295. The van der Waals surface area contributed by atoms with Crippen LogP contribution in [0, 0.1) is 17.8 Å². The molecule has 0 fully saturated rings. The molecule has 0 rings (SSSR count). The average Bonchev–Trinajstić information content (AvgIpc) is 2.26. The number of carbonyl (C=O) groups is 1. The molecule has 1 unspecified atom stereocenters. The summed E-state index contributed by atoms with van der Waals surface area (Å²) in [7, 11) is 0. The summed E-state index contributed by atoms with van der Waals surface area (Å²) in [5.74, 6) is 1.84. The summed E-state index contributed by atoms with van der Waals surface area (Å²) in [6.45, 7) is 12.7. The van der Waals surface area contributed by atoms with Crippen LogP contribution in [0.25, 0.3) is 0 Å². The minimum atomic E-state index is 0.0957. The third-order valence-corrected chi connectivity index (χ3v) is 3.09. The fourth-order valence-corrected chi connectivity index (χ4v) is 1.66. The van der Waals surface area contributed by atoms with Crippen molar-refractivity contribution < 1.29 is 4.79 Å². The number of hydrogen-bond acceptors (Lipinski definition) is 1. The second-order valence-corrected chi connectivity index (χ2v) is 6.16. The summed E-state index contributed by atoms with van der Waals surface area (Å²) in [5.41, 5.74) is 1.06. The summed E-state index contributed by atoms with van der Waals surface area (Å²) >= 11 is 0. The molecule has 1 atom stereocenters. The molecule has 18 heavy (non-hydrogen) atoms. The molecule has 0 N–H and O–H groups in total. The summed E-state index contributed by atoms with van der Waals surface area (Å²) in [6, 6.07) is 0. The molecule has 0 saturated heterocycles. The standard InChI is InChI=1S/C17H30O/c1-13(2)10-11-15(5)8-7-9-16(6)12-17(18)14(3)4/h7,9,12-15H,8,10-11H2,1-6H3. The van der Waals surface area contributed by atoms with E-state index in [2.05, 4.69) is 32.9 Å². The smallest absolute Gasteiger partial charge is 0.158 e. The molecule has 1 heteroatoms. The Kier molecular flexibility index (Phi) is 8.70. The normalized spacial score (nSPS) is 14.8. The van der Waals surface area contributed by atoms with Gasteiger partial charge in [-0.2, -0.15) is 0 Å². The largest absolute Gasteiger partial charge is 0.295 e. The van der Waals surface area contributed by atoms with E-state index in [0.717, 1.165) is 23.8 Å². The van der Waals surface area contributed by atoms with Crippen LogP contribution in [-0.4, -0.2) is 5.78 Å². The Balaban J connectivity index is 4.04. The highest BCUT2D eigenvalue weighted by atomic mass is 16.1. The number of ketones is 1. The van der Waals surface area contributed by atoms with E-state index in [-0.39, 0.29) is 11.7 Å². The van der Waals surface area contributed by atoms with Gasteiger partial charge in [0.25, 0.3) is 0 Å². The van der Waals surface area contributed by atoms with Crippen LogP contribution >= 0.6 is 0 Å². The van der Waals surface area contributed by atoms with E-state index in [1.165, 1.54) is 12.8 Å². The molecule has 0 saturated carbocycles. The zero-order chi connectivity index (χ0) is 14.1. The lowest BCUT2D eigenvalue weighted by Crippen LogP contribution is -2.02. The summed E-state index contributed by atoms with van der Waals surface area (Å²) < 4.78 is 0. The third-order valence-electron chi connectivity index (χ3n) is 3.09. The summed E-state index contributed by atoms with van der Waals surface area (Å²) in [6.07, 6.45) is 9.72. The fourth-order valence-electron chi connectivity index (χ4n) is 1.66. The van der Waals surface area contributed by atoms with Crippen LogP contribution in [0.3, 0.4) is 0 Å². The first-order valence-electron chi connectivity index (χ1n) is 7.21.